The van der Waals surface area contributed by atoms with Gasteiger partial charge in [-0.2, -0.15) is 0 Å². The molecule has 80 valence electrons. The van der Waals surface area contributed by atoms with Crippen LogP contribution in [0.3, 0.4) is 0 Å². The van der Waals surface area contributed by atoms with E-state index in [9.17, 15) is 4.79 Å². The minimum absolute atomic E-state index is 0.0257. The van der Waals surface area contributed by atoms with Crippen LogP contribution in [0.15, 0.2) is 0 Å². The number of carbonyl (C=O) groups excluding carboxylic acids is 1. The molecule has 0 aromatic carbocycles. The molecule has 1 saturated heterocycles. The Hall–Kier alpha value is -0.570. The van der Waals surface area contributed by atoms with E-state index in [1.807, 2.05) is 6.92 Å². The van der Waals surface area contributed by atoms with Gasteiger partial charge in [-0.3, -0.25) is 4.79 Å². The van der Waals surface area contributed by atoms with Gasteiger partial charge in [0, 0.05) is 6.61 Å². The predicted molar refractivity (Wildman–Crippen MR) is 51.9 cm³/mol. The molecule has 1 saturated carbocycles. The second-order valence-corrected chi connectivity index (χ2v) is 4.23. The van der Waals surface area contributed by atoms with E-state index >= 15 is 0 Å². The monoisotopic (exact) mass is 198 g/mol. The fourth-order valence-electron chi connectivity index (χ4n) is 2.73. The third kappa shape index (κ3) is 1.44. The average molecular weight is 198 g/mol. The van der Waals surface area contributed by atoms with Gasteiger partial charge in [-0.25, -0.2) is 0 Å². The van der Waals surface area contributed by atoms with Gasteiger partial charge in [0.1, 0.15) is 0 Å². The van der Waals surface area contributed by atoms with E-state index in [4.69, 9.17) is 9.47 Å². The van der Waals surface area contributed by atoms with Crippen LogP contribution in [-0.4, -0.2) is 25.3 Å². The molecule has 2 aliphatic rings. The molecule has 0 aromatic heterocycles. The zero-order valence-electron chi connectivity index (χ0n) is 8.75. The highest BCUT2D eigenvalue weighted by atomic mass is 16.5. The lowest BCUT2D eigenvalue weighted by molar-refractivity contribution is -0.161. The van der Waals surface area contributed by atoms with E-state index in [2.05, 4.69) is 0 Å². The maximum Gasteiger partial charge on any atom is 0.314 e. The van der Waals surface area contributed by atoms with Gasteiger partial charge in [0.05, 0.1) is 18.1 Å². The third-order valence-corrected chi connectivity index (χ3v) is 3.50. The summed E-state index contributed by atoms with van der Waals surface area (Å²) in [5.74, 6) is -0.0257. The summed E-state index contributed by atoms with van der Waals surface area (Å²) in [7, 11) is 0. The van der Waals surface area contributed by atoms with Crippen LogP contribution in [0, 0.1) is 5.41 Å². The van der Waals surface area contributed by atoms with Crippen LogP contribution in [0.1, 0.15) is 39.0 Å². The molecule has 0 radical (unpaired) electrons. The Kier molecular flexibility index (Phi) is 2.77. The largest absolute Gasteiger partial charge is 0.465 e. The highest BCUT2D eigenvalue weighted by molar-refractivity contribution is 5.78. The summed E-state index contributed by atoms with van der Waals surface area (Å²) in [6.45, 7) is 3.07. The number of hydrogen-bond donors (Lipinski definition) is 0. The SMILES string of the molecule is CCOC(=O)[C@@]12CCCC[C@@H]1OCC2. The lowest BCUT2D eigenvalue weighted by Gasteiger charge is -2.35. The van der Waals surface area contributed by atoms with E-state index in [1.54, 1.807) is 0 Å². The number of esters is 1. The molecule has 0 bridgehead atoms. The first kappa shape index (κ1) is 9.97. The smallest absolute Gasteiger partial charge is 0.314 e. The fourth-order valence-corrected chi connectivity index (χ4v) is 2.73. The Bertz CT molecular complexity index is 227. The van der Waals surface area contributed by atoms with Gasteiger partial charge in [-0.15, -0.1) is 0 Å². The van der Waals surface area contributed by atoms with Crippen molar-refractivity contribution in [2.75, 3.05) is 13.2 Å². The number of hydrogen-bond acceptors (Lipinski definition) is 3. The highest BCUT2D eigenvalue weighted by Crippen LogP contribution is 2.46. The first-order valence-corrected chi connectivity index (χ1v) is 5.58. The third-order valence-electron chi connectivity index (χ3n) is 3.50. The topological polar surface area (TPSA) is 35.5 Å². The summed E-state index contributed by atoms with van der Waals surface area (Å²) in [5.41, 5.74) is -0.283. The van der Waals surface area contributed by atoms with Crippen LogP contribution < -0.4 is 0 Å². The van der Waals surface area contributed by atoms with Crippen LogP contribution >= 0.6 is 0 Å². The van der Waals surface area contributed by atoms with Gasteiger partial charge in [0.15, 0.2) is 0 Å². The molecule has 1 aliphatic carbocycles. The molecule has 0 amide bonds. The standard InChI is InChI=1S/C11H18O3/c1-2-13-10(12)11-6-4-3-5-9(11)14-8-7-11/h9H,2-8H2,1H3/t9-,11+/m0/s1. The summed E-state index contributed by atoms with van der Waals surface area (Å²) in [6.07, 6.45) is 5.30. The molecule has 1 aliphatic heterocycles. The molecule has 2 rings (SSSR count). The summed E-state index contributed by atoms with van der Waals surface area (Å²) in [4.78, 5) is 11.9. The maximum atomic E-state index is 11.9. The van der Waals surface area contributed by atoms with E-state index in [1.165, 1.54) is 6.42 Å². The van der Waals surface area contributed by atoms with Crippen molar-refractivity contribution in [1.82, 2.24) is 0 Å². The first-order valence-electron chi connectivity index (χ1n) is 5.58. The van der Waals surface area contributed by atoms with Crippen LogP contribution in [0.25, 0.3) is 0 Å². The van der Waals surface area contributed by atoms with Crippen LogP contribution in [0.5, 0.6) is 0 Å². The second kappa shape index (κ2) is 3.89. The zero-order valence-corrected chi connectivity index (χ0v) is 8.75. The Balaban J connectivity index is 2.13. The Morgan fingerprint density at radius 2 is 2.36 bits per heavy atom. The van der Waals surface area contributed by atoms with Crippen molar-refractivity contribution in [3.63, 3.8) is 0 Å². The van der Waals surface area contributed by atoms with Gasteiger partial charge in [-0.1, -0.05) is 12.8 Å². The Morgan fingerprint density at radius 3 is 3.14 bits per heavy atom. The molecule has 0 aromatic rings. The van der Waals surface area contributed by atoms with Crippen molar-refractivity contribution >= 4 is 5.97 Å². The molecule has 2 atom stereocenters. The van der Waals surface area contributed by atoms with Crippen LogP contribution in [0.2, 0.25) is 0 Å². The van der Waals surface area contributed by atoms with Crippen molar-refractivity contribution in [1.29, 1.82) is 0 Å². The van der Waals surface area contributed by atoms with Crippen molar-refractivity contribution in [3.05, 3.63) is 0 Å². The Labute approximate surface area is 84.8 Å². The molecule has 14 heavy (non-hydrogen) atoms. The van der Waals surface area contributed by atoms with Crippen molar-refractivity contribution < 1.29 is 14.3 Å². The lowest BCUT2D eigenvalue weighted by Crippen LogP contribution is -2.42. The molecule has 3 heteroatoms. The molecule has 2 fully saturated rings. The molecule has 0 spiro atoms. The number of rotatable bonds is 2. The molecule has 0 unspecified atom stereocenters. The van der Waals surface area contributed by atoms with Crippen LogP contribution in [0.4, 0.5) is 0 Å². The predicted octanol–water partition coefficient (Wildman–Crippen LogP) is 1.90. The normalized spacial score (nSPS) is 36.5. The van der Waals surface area contributed by atoms with Crippen molar-refractivity contribution in [2.24, 2.45) is 5.41 Å². The van der Waals surface area contributed by atoms with E-state index in [-0.39, 0.29) is 17.5 Å². The van der Waals surface area contributed by atoms with Crippen LogP contribution in [-0.2, 0) is 14.3 Å². The van der Waals surface area contributed by atoms with Gasteiger partial charge in [0.2, 0.25) is 0 Å². The quantitative estimate of drug-likeness (QED) is 0.636. The highest BCUT2D eigenvalue weighted by Gasteiger charge is 2.52. The number of fused-ring (bicyclic) bond motifs is 1. The molecular weight excluding hydrogens is 180 g/mol. The molecule has 0 N–H and O–H groups in total. The van der Waals surface area contributed by atoms with Crippen molar-refractivity contribution in [2.45, 2.75) is 45.1 Å². The van der Waals surface area contributed by atoms with Gasteiger partial charge in [0.25, 0.3) is 0 Å². The van der Waals surface area contributed by atoms with Gasteiger partial charge in [-0.05, 0) is 26.2 Å². The van der Waals surface area contributed by atoms with Gasteiger partial charge >= 0.3 is 5.97 Å². The fraction of sp³-hybridized carbons (Fsp3) is 0.909. The lowest BCUT2D eigenvalue weighted by atomic mass is 9.71. The zero-order chi connectivity index (χ0) is 10.0. The van der Waals surface area contributed by atoms with Crippen molar-refractivity contribution in [3.8, 4) is 0 Å². The molecular formula is C11H18O3. The second-order valence-electron chi connectivity index (χ2n) is 4.23. The number of ether oxygens (including phenoxy) is 2. The minimum Gasteiger partial charge on any atom is -0.465 e. The summed E-state index contributed by atoms with van der Waals surface area (Å²) < 4.78 is 10.8. The molecule has 1 heterocycles. The molecule has 3 nitrogen and oxygen atoms in total. The summed E-state index contributed by atoms with van der Waals surface area (Å²) in [5, 5.41) is 0. The summed E-state index contributed by atoms with van der Waals surface area (Å²) in [6, 6.07) is 0. The first-order chi connectivity index (χ1) is 6.79. The number of carbonyl (C=O) groups is 1. The Morgan fingerprint density at radius 1 is 1.50 bits per heavy atom. The average Bonchev–Trinajstić information content (AvgIpc) is 2.62. The summed E-state index contributed by atoms with van der Waals surface area (Å²) >= 11 is 0. The minimum atomic E-state index is -0.283. The van der Waals surface area contributed by atoms with E-state index in [0.29, 0.717) is 6.61 Å². The van der Waals surface area contributed by atoms with E-state index in [0.717, 1.165) is 32.3 Å². The maximum absolute atomic E-state index is 11.9. The van der Waals surface area contributed by atoms with E-state index < -0.39 is 0 Å². The van der Waals surface area contributed by atoms with Gasteiger partial charge < -0.3 is 9.47 Å².